The Morgan fingerprint density at radius 1 is 1.30 bits per heavy atom. The number of amides is 2. The van der Waals surface area contributed by atoms with Gasteiger partial charge in [-0.25, -0.2) is 0 Å². The molecule has 0 aliphatic carbocycles. The largest absolute Gasteiger partial charge is 0.348 e. The van der Waals surface area contributed by atoms with Crippen LogP contribution in [0, 0.1) is 6.92 Å². The van der Waals surface area contributed by atoms with Gasteiger partial charge in [-0.2, -0.15) is 0 Å². The van der Waals surface area contributed by atoms with E-state index < -0.39 is 0 Å². The minimum Gasteiger partial charge on any atom is -0.348 e. The number of likely N-dealkylation sites (N-methyl/N-ethyl adjacent to an activating group) is 2. The third kappa shape index (κ3) is 6.19. The molecule has 2 rings (SSSR count). The summed E-state index contributed by atoms with van der Waals surface area (Å²) in [4.78, 5) is 30.8. The summed E-state index contributed by atoms with van der Waals surface area (Å²) in [5, 5.41) is 3.55. The second-order valence-electron chi connectivity index (χ2n) is 7.34. The monoisotopic (exact) mass is 394 g/mol. The molecular formula is C20H31ClN4O2. The van der Waals surface area contributed by atoms with Crippen molar-refractivity contribution in [3.63, 3.8) is 0 Å². The molecular weight excluding hydrogens is 364 g/mol. The summed E-state index contributed by atoms with van der Waals surface area (Å²) in [7, 11) is 3.48. The number of nitrogens with one attached hydrogen (secondary N) is 1. The summed E-state index contributed by atoms with van der Waals surface area (Å²) in [6.07, 6.45) is 2.28. The van der Waals surface area contributed by atoms with Gasteiger partial charge < -0.3 is 10.2 Å². The Morgan fingerprint density at radius 2 is 2.04 bits per heavy atom. The Bertz CT molecular complexity index is 665. The van der Waals surface area contributed by atoms with Gasteiger partial charge in [0.2, 0.25) is 11.8 Å². The molecule has 1 aliphatic rings. The molecule has 1 fully saturated rings. The van der Waals surface area contributed by atoms with Crippen molar-refractivity contribution < 1.29 is 9.59 Å². The van der Waals surface area contributed by atoms with Crippen LogP contribution in [-0.2, 0) is 9.59 Å². The van der Waals surface area contributed by atoms with Gasteiger partial charge in [0.1, 0.15) is 0 Å². The molecule has 0 radical (unpaired) electrons. The fourth-order valence-corrected chi connectivity index (χ4v) is 3.64. The Balaban J connectivity index is 2.04. The first-order valence-corrected chi connectivity index (χ1v) is 9.91. The van der Waals surface area contributed by atoms with Gasteiger partial charge in [-0.05, 0) is 50.6 Å². The van der Waals surface area contributed by atoms with Crippen LogP contribution in [0.4, 0.5) is 5.69 Å². The van der Waals surface area contributed by atoms with E-state index in [0.717, 1.165) is 31.6 Å². The summed E-state index contributed by atoms with van der Waals surface area (Å²) in [6, 6.07) is 5.85. The summed E-state index contributed by atoms with van der Waals surface area (Å²) in [6.45, 7) is 7.25. The fourth-order valence-electron chi connectivity index (χ4n) is 3.47. The summed E-state index contributed by atoms with van der Waals surface area (Å²) < 4.78 is 0. The van der Waals surface area contributed by atoms with Crippen molar-refractivity contribution in [2.45, 2.75) is 32.7 Å². The van der Waals surface area contributed by atoms with E-state index >= 15 is 0 Å². The lowest BCUT2D eigenvalue weighted by molar-refractivity contribution is -0.130. The quantitative estimate of drug-likeness (QED) is 0.735. The number of carbonyl (C=O) groups excluding carboxylic acids is 2. The molecule has 1 aromatic rings. The van der Waals surface area contributed by atoms with Crippen LogP contribution < -0.4 is 5.32 Å². The smallest absolute Gasteiger partial charge is 0.238 e. The Morgan fingerprint density at radius 3 is 2.70 bits per heavy atom. The second-order valence-corrected chi connectivity index (χ2v) is 7.75. The van der Waals surface area contributed by atoms with Crippen molar-refractivity contribution in [1.82, 2.24) is 14.7 Å². The molecule has 0 bridgehead atoms. The standard InChI is InChI=1S/C20H31ClN4O2/c1-5-25-11-7-8-16(25)12-24(14-20(27)23(3)4)13-19(26)22-18-10-6-9-17(21)15(18)2/h6,9-10,16H,5,7-8,11-14H2,1-4H3,(H,22,26)/t16-/m0/s1. The van der Waals surface area contributed by atoms with Crippen LogP contribution in [0.3, 0.4) is 0 Å². The van der Waals surface area contributed by atoms with Crippen LogP contribution in [0.2, 0.25) is 5.02 Å². The van der Waals surface area contributed by atoms with Crippen LogP contribution >= 0.6 is 11.6 Å². The van der Waals surface area contributed by atoms with Gasteiger partial charge in [0.05, 0.1) is 13.1 Å². The highest BCUT2D eigenvalue weighted by atomic mass is 35.5. The Labute approximate surface area is 167 Å². The number of rotatable bonds is 8. The van der Waals surface area contributed by atoms with E-state index in [1.807, 2.05) is 24.0 Å². The highest BCUT2D eigenvalue weighted by Crippen LogP contribution is 2.23. The number of halogens is 1. The van der Waals surface area contributed by atoms with E-state index in [1.54, 1.807) is 25.1 Å². The Kier molecular flexibility index (Phi) is 8.07. The van der Waals surface area contributed by atoms with Crippen molar-refractivity contribution in [2.24, 2.45) is 0 Å². The van der Waals surface area contributed by atoms with Gasteiger partial charge in [0.15, 0.2) is 0 Å². The van der Waals surface area contributed by atoms with Crippen LogP contribution in [0.25, 0.3) is 0 Å². The molecule has 1 aliphatic heterocycles. The molecule has 27 heavy (non-hydrogen) atoms. The number of anilines is 1. The van der Waals surface area contributed by atoms with Crippen LogP contribution in [0.1, 0.15) is 25.3 Å². The summed E-state index contributed by atoms with van der Waals surface area (Å²) >= 11 is 6.13. The maximum Gasteiger partial charge on any atom is 0.238 e. The maximum absolute atomic E-state index is 12.6. The first-order chi connectivity index (χ1) is 12.8. The van der Waals surface area contributed by atoms with Crippen LogP contribution in [0.15, 0.2) is 18.2 Å². The number of hydrogen-bond donors (Lipinski definition) is 1. The lowest BCUT2D eigenvalue weighted by Gasteiger charge is -2.30. The van der Waals surface area contributed by atoms with Crippen molar-refractivity contribution in [2.75, 3.05) is 52.1 Å². The van der Waals surface area contributed by atoms with Gasteiger partial charge in [-0.15, -0.1) is 0 Å². The fraction of sp³-hybridized carbons (Fsp3) is 0.600. The van der Waals surface area contributed by atoms with Gasteiger partial charge in [0, 0.05) is 37.4 Å². The van der Waals surface area contributed by atoms with E-state index in [9.17, 15) is 9.59 Å². The lowest BCUT2D eigenvalue weighted by Crippen LogP contribution is -2.47. The van der Waals surface area contributed by atoms with Crippen LogP contribution in [-0.4, -0.2) is 79.4 Å². The van der Waals surface area contributed by atoms with Crippen LogP contribution in [0.5, 0.6) is 0 Å². The highest BCUT2D eigenvalue weighted by molar-refractivity contribution is 6.31. The third-order valence-corrected chi connectivity index (χ3v) is 5.55. The number of carbonyl (C=O) groups is 2. The minimum atomic E-state index is -0.132. The topological polar surface area (TPSA) is 55.9 Å². The zero-order valence-electron chi connectivity index (χ0n) is 16.8. The number of nitrogens with zero attached hydrogens (tertiary/aromatic N) is 3. The minimum absolute atomic E-state index is 0.00258. The lowest BCUT2D eigenvalue weighted by atomic mass is 10.2. The maximum atomic E-state index is 12.6. The van der Waals surface area contributed by atoms with Crippen molar-refractivity contribution in [3.8, 4) is 0 Å². The molecule has 0 unspecified atom stereocenters. The molecule has 6 nitrogen and oxygen atoms in total. The number of hydrogen-bond acceptors (Lipinski definition) is 4. The number of benzene rings is 1. The predicted molar refractivity (Wildman–Crippen MR) is 110 cm³/mol. The molecule has 2 amide bonds. The van der Waals surface area contributed by atoms with E-state index in [4.69, 9.17) is 11.6 Å². The van der Waals surface area contributed by atoms with Gasteiger partial charge in [-0.3, -0.25) is 19.4 Å². The van der Waals surface area contributed by atoms with E-state index in [2.05, 4.69) is 17.1 Å². The van der Waals surface area contributed by atoms with E-state index in [-0.39, 0.29) is 24.9 Å². The molecule has 1 N–H and O–H groups in total. The number of likely N-dealkylation sites (tertiary alicyclic amines) is 1. The summed E-state index contributed by atoms with van der Waals surface area (Å²) in [5.41, 5.74) is 1.55. The van der Waals surface area contributed by atoms with Gasteiger partial charge in [0.25, 0.3) is 0 Å². The van der Waals surface area contributed by atoms with Gasteiger partial charge >= 0.3 is 0 Å². The molecule has 1 heterocycles. The first-order valence-electron chi connectivity index (χ1n) is 9.53. The van der Waals surface area contributed by atoms with Crippen molar-refractivity contribution in [3.05, 3.63) is 28.8 Å². The third-order valence-electron chi connectivity index (χ3n) is 5.14. The molecule has 1 aromatic carbocycles. The van der Waals surface area contributed by atoms with E-state index in [0.29, 0.717) is 16.8 Å². The molecule has 1 atom stereocenters. The molecule has 7 heteroatoms. The molecule has 1 saturated heterocycles. The molecule has 150 valence electrons. The predicted octanol–water partition coefficient (Wildman–Crippen LogP) is 2.46. The normalized spacial score (nSPS) is 17.3. The van der Waals surface area contributed by atoms with Gasteiger partial charge in [-0.1, -0.05) is 24.6 Å². The molecule has 0 saturated carbocycles. The second kappa shape index (κ2) is 10.1. The molecule has 0 aromatic heterocycles. The van der Waals surface area contributed by atoms with E-state index in [1.165, 1.54) is 6.42 Å². The zero-order valence-corrected chi connectivity index (χ0v) is 17.6. The van der Waals surface area contributed by atoms with Crippen molar-refractivity contribution >= 4 is 29.1 Å². The zero-order chi connectivity index (χ0) is 20.0. The SMILES string of the molecule is CCN1CCC[C@H]1CN(CC(=O)Nc1cccc(Cl)c1C)CC(=O)N(C)C. The average Bonchev–Trinajstić information content (AvgIpc) is 3.05. The highest BCUT2D eigenvalue weighted by Gasteiger charge is 2.27. The average molecular weight is 395 g/mol. The first kappa shape index (κ1) is 21.7. The van der Waals surface area contributed by atoms with Crippen molar-refractivity contribution in [1.29, 1.82) is 0 Å². The molecule has 0 spiro atoms. The summed E-state index contributed by atoms with van der Waals surface area (Å²) in [5.74, 6) is -0.129. The Hall–Kier alpha value is -1.63.